The van der Waals surface area contributed by atoms with E-state index in [4.69, 9.17) is 0 Å². The van der Waals surface area contributed by atoms with E-state index in [1.165, 1.54) is 13.0 Å². The van der Waals surface area contributed by atoms with E-state index in [0.29, 0.717) is 5.41 Å². The maximum atomic E-state index is 2.35. The Kier molecular flexibility index (Phi) is 4.98. The highest BCUT2D eigenvalue weighted by atomic mass is 15.1. The average Bonchev–Trinajstić information content (AvgIpc) is 1.81. The Morgan fingerprint density at radius 2 is 1.54 bits per heavy atom. The second-order valence-electron chi connectivity index (χ2n) is 5.95. The predicted octanol–water partition coefficient (Wildman–Crippen LogP) is 3.26. The van der Waals surface area contributed by atoms with E-state index in [1.807, 2.05) is 0 Å². The summed E-state index contributed by atoms with van der Waals surface area (Å²) in [6, 6.07) is 0. The van der Waals surface area contributed by atoms with Crippen LogP contribution >= 0.6 is 0 Å². The van der Waals surface area contributed by atoms with Gasteiger partial charge in [0.25, 0.3) is 0 Å². The molecule has 0 aliphatic rings. The summed E-state index contributed by atoms with van der Waals surface area (Å²) in [5.74, 6) is 1.62. The van der Waals surface area contributed by atoms with E-state index in [-0.39, 0.29) is 0 Å². The largest absolute Gasteiger partial charge is 0.309 e. The van der Waals surface area contributed by atoms with E-state index in [1.54, 1.807) is 0 Å². The van der Waals surface area contributed by atoms with Crippen LogP contribution in [-0.2, 0) is 0 Å². The van der Waals surface area contributed by atoms with Gasteiger partial charge in [-0.2, -0.15) is 0 Å². The van der Waals surface area contributed by atoms with Crippen molar-refractivity contribution in [1.82, 2.24) is 4.90 Å². The summed E-state index contributed by atoms with van der Waals surface area (Å²) in [7, 11) is 4.33. The van der Waals surface area contributed by atoms with Crippen LogP contribution < -0.4 is 0 Å². The van der Waals surface area contributed by atoms with Gasteiger partial charge in [0.2, 0.25) is 0 Å². The molecule has 0 fully saturated rings. The van der Waals surface area contributed by atoms with Gasteiger partial charge in [-0.1, -0.05) is 34.6 Å². The van der Waals surface area contributed by atoms with Crippen LogP contribution in [0.1, 0.15) is 41.0 Å². The summed E-state index contributed by atoms with van der Waals surface area (Å²) in [6.45, 7) is 12.9. The Morgan fingerprint density at radius 3 is 1.77 bits per heavy atom. The molecule has 1 nitrogen and oxygen atoms in total. The molecule has 0 saturated heterocycles. The Balaban J connectivity index is 4.20. The Morgan fingerprint density at radius 1 is 1.08 bits per heavy atom. The number of hydrogen-bond donors (Lipinski definition) is 0. The maximum Gasteiger partial charge on any atom is 0.000866 e. The molecule has 80 valence electrons. The zero-order valence-electron chi connectivity index (χ0n) is 10.5. The number of nitrogens with zero attached hydrogens (tertiary/aromatic N) is 1. The Labute approximate surface area is 84.5 Å². The highest BCUT2D eigenvalue weighted by molar-refractivity contribution is 4.76. The molecule has 0 aromatic carbocycles. The summed E-state index contributed by atoms with van der Waals surface area (Å²) in [5, 5.41) is 0. The standard InChI is InChI=1S/C12H27N/c1-10(2)8-11(9-13(6)7)12(3,4)5/h10-11H,8-9H2,1-7H3. The second kappa shape index (κ2) is 4.99. The first-order valence-electron chi connectivity index (χ1n) is 5.38. The van der Waals surface area contributed by atoms with Crippen molar-refractivity contribution in [2.45, 2.75) is 41.0 Å². The van der Waals surface area contributed by atoms with Crippen LogP contribution in [0.3, 0.4) is 0 Å². The summed E-state index contributed by atoms with van der Waals surface area (Å²) < 4.78 is 0. The summed E-state index contributed by atoms with van der Waals surface area (Å²) in [6.07, 6.45) is 1.34. The van der Waals surface area contributed by atoms with Gasteiger partial charge in [-0.15, -0.1) is 0 Å². The van der Waals surface area contributed by atoms with E-state index < -0.39 is 0 Å². The summed E-state index contributed by atoms with van der Waals surface area (Å²) >= 11 is 0. The van der Waals surface area contributed by atoms with Crippen LogP contribution in [0.15, 0.2) is 0 Å². The van der Waals surface area contributed by atoms with Crippen LogP contribution in [0.5, 0.6) is 0 Å². The van der Waals surface area contributed by atoms with Gasteiger partial charge in [-0.05, 0) is 37.8 Å². The fraction of sp³-hybridized carbons (Fsp3) is 1.00. The van der Waals surface area contributed by atoms with Crippen molar-refractivity contribution in [2.24, 2.45) is 17.3 Å². The highest BCUT2D eigenvalue weighted by Gasteiger charge is 2.25. The lowest BCUT2D eigenvalue weighted by molar-refractivity contribution is 0.158. The lowest BCUT2D eigenvalue weighted by atomic mass is 9.76. The smallest absolute Gasteiger partial charge is 0.000866 e. The monoisotopic (exact) mass is 185 g/mol. The van der Waals surface area contributed by atoms with E-state index in [2.05, 4.69) is 53.6 Å². The number of hydrogen-bond acceptors (Lipinski definition) is 1. The molecule has 0 saturated carbocycles. The minimum Gasteiger partial charge on any atom is -0.309 e. The van der Waals surface area contributed by atoms with Gasteiger partial charge in [-0.3, -0.25) is 0 Å². The third-order valence-corrected chi connectivity index (χ3v) is 2.57. The molecule has 0 aromatic heterocycles. The van der Waals surface area contributed by atoms with Crippen molar-refractivity contribution in [3.63, 3.8) is 0 Å². The molecule has 0 radical (unpaired) electrons. The molecule has 0 bridgehead atoms. The molecule has 0 spiro atoms. The molecule has 0 amide bonds. The summed E-state index contributed by atoms with van der Waals surface area (Å²) in [5.41, 5.74) is 0.439. The van der Waals surface area contributed by atoms with Crippen LogP contribution in [-0.4, -0.2) is 25.5 Å². The topological polar surface area (TPSA) is 3.24 Å². The second-order valence-corrected chi connectivity index (χ2v) is 5.95. The van der Waals surface area contributed by atoms with E-state index in [9.17, 15) is 0 Å². The Bertz CT molecular complexity index is 121. The lowest BCUT2D eigenvalue weighted by Crippen LogP contribution is -2.32. The molecule has 13 heavy (non-hydrogen) atoms. The molecule has 0 rings (SSSR count). The van der Waals surface area contributed by atoms with Crippen molar-refractivity contribution in [2.75, 3.05) is 20.6 Å². The first kappa shape index (κ1) is 13.0. The van der Waals surface area contributed by atoms with Crippen LogP contribution in [0.4, 0.5) is 0 Å². The lowest BCUT2D eigenvalue weighted by Gasteiger charge is -2.34. The maximum absolute atomic E-state index is 2.35. The van der Waals surface area contributed by atoms with Crippen molar-refractivity contribution < 1.29 is 0 Å². The molecule has 0 N–H and O–H groups in total. The van der Waals surface area contributed by atoms with Gasteiger partial charge in [0.05, 0.1) is 0 Å². The quantitative estimate of drug-likeness (QED) is 0.650. The molecule has 1 unspecified atom stereocenters. The minimum atomic E-state index is 0.439. The van der Waals surface area contributed by atoms with Crippen molar-refractivity contribution in [3.05, 3.63) is 0 Å². The minimum absolute atomic E-state index is 0.439. The van der Waals surface area contributed by atoms with Crippen LogP contribution in [0.2, 0.25) is 0 Å². The SMILES string of the molecule is CC(C)CC(CN(C)C)C(C)(C)C. The molecular weight excluding hydrogens is 158 g/mol. The third kappa shape index (κ3) is 6.09. The molecule has 0 heterocycles. The van der Waals surface area contributed by atoms with Gasteiger partial charge in [0.1, 0.15) is 0 Å². The normalized spacial score (nSPS) is 15.5. The van der Waals surface area contributed by atoms with Crippen LogP contribution in [0.25, 0.3) is 0 Å². The van der Waals surface area contributed by atoms with Crippen molar-refractivity contribution >= 4 is 0 Å². The average molecular weight is 185 g/mol. The zero-order valence-corrected chi connectivity index (χ0v) is 10.5. The van der Waals surface area contributed by atoms with Crippen molar-refractivity contribution in [3.8, 4) is 0 Å². The van der Waals surface area contributed by atoms with Gasteiger partial charge in [0, 0.05) is 6.54 Å². The molecule has 0 aliphatic carbocycles. The van der Waals surface area contributed by atoms with E-state index in [0.717, 1.165) is 11.8 Å². The van der Waals surface area contributed by atoms with Gasteiger partial charge >= 0.3 is 0 Å². The molecule has 1 atom stereocenters. The predicted molar refractivity (Wildman–Crippen MR) is 61.0 cm³/mol. The van der Waals surface area contributed by atoms with Gasteiger partial charge < -0.3 is 4.90 Å². The third-order valence-electron chi connectivity index (χ3n) is 2.57. The van der Waals surface area contributed by atoms with Crippen molar-refractivity contribution in [1.29, 1.82) is 0 Å². The highest BCUT2D eigenvalue weighted by Crippen LogP contribution is 2.31. The van der Waals surface area contributed by atoms with E-state index >= 15 is 0 Å². The molecule has 0 aliphatic heterocycles. The summed E-state index contributed by atoms with van der Waals surface area (Å²) in [4.78, 5) is 2.30. The molecule has 1 heteroatoms. The fourth-order valence-electron chi connectivity index (χ4n) is 1.71. The van der Waals surface area contributed by atoms with Crippen LogP contribution in [0, 0.1) is 17.3 Å². The number of rotatable bonds is 4. The van der Waals surface area contributed by atoms with Gasteiger partial charge in [0.15, 0.2) is 0 Å². The molecule has 0 aromatic rings. The first-order chi connectivity index (χ1) is 5.73. The Hall–Kier alpha value is -0.0400. The first-order valence-corrected chi connectivity index (χ1v) is 5.38. The van der Waals surface area contributed by atoms with Gasteiger partial charge in [-0.25, -0.2) is 0 Å². The molecular formula is C12H27N. The zero-order chi connectivity index (χ0) is 10.6. The fourth-order valence-corrected chi connectivity index (χ4v) is 1.71.